The summed E-state index contributed by atoms with van der Waals surface area (Å²) in [6.45, 7) is 1.96. The fourth-order valence-corrected chi connectivity index (χ4v) is 5.89. The van der Waals surface area contributed by atoms with Crippen LogP contribution in [0.2, 0.25) is 0 Å². The summed E-state index contributed by atoms with van der Waals surface area (Å²) in [6, 6.07) is 11.3. The molecule has 0 fully saturated rings. The smallest absolute Gasteiger partial charge is 0.241 e. The molecule has 0 aromatic heterocycles. The van der Waals surface area contributed by atoms with Gasteiger partial charge in [0.05, 0.1) is 0 Å². The van der Waals surface area contributed by atoms with E-state index in [1.807, 2.05) is 18.2 Å². The Balaban J connectivity index is 1.88. The van der Waals surface area contributed by atoms with Crippen LogP contribution in [-0.4, -0.2) is 22.5 Å². The zero-order valence-electron chi connectivity index (χ0n) is 15.5. The van der Waals surface area contributed by atoms with Crippen molar-refractivity contribution in [3.63, 3.8) is 0 Å². The first-order valence-corrected chi connectivity index (χ1v) is 10.1. The SMILES string of the molecule is CC(=O)N1N=C(c2cc(F)cc(F)c2)S[C@@]12c1ccccc1CC[C@H]2CCN. The standard InChI is InChI=1S/C21H21F2N3OS/c1-13(27)26-21(28-20(25-26)15-10-17(22)12-18(23)11-15)16(8-9-24)7-6-14-4-2-3-5-19(14)21/h2-5,10-12,16H,6-9,24H2,1H3/t16-,21-/m0/s1. The number of carbonyl (C=O) groups excluding carboxylic acids is 1. The monoisotopic (exact) mass is 401 g/mol. The fourth-order valence-electron chi connectivity index (χ4n) is 4.27. The second-order valence-electron chi connectivity index (χ2n) is 7.16. The first kappa shape index (κ1) is 19.1. The quantitative estimate of drug-likeness (QED) is 0.846. The van der Waals surface area contributed by atoms with Crippen molar-refractivity contribution in [3.8, 4) is 0 Å². The number of amides is 1. The van der Waals surface area contributed by atoms with Gasteiger partial charge in [0.2, 0.25) is 5.91 Å². The van der Waals surface area contributed by atoms with Gasteiger partial charge < -0.3 is 5.73 Å². The number of hydrazone groups is 1. The highest BCUT2D eigenvalue weighted by atomic mass is 32.2. The van der Waals surface area contributed by atoms with Crippen LogP contribution in [0.1, 0.15) is 36.5 Å². The molecule has 28 heavy (non-hydrogen) atoms. The maximum atomic E-state index is 13.8. The number of nitrogens with two attached hydrogens (primary N) is 1. The van der Waals surface area contributed by atoms with E-state index in [2.05, 4.69) is 11.2 Å². The van der Waals surface area contributed by atoms with Crippen molar-refractivity contribution >= 4 is 22.7 Å². The van der Waals surface area contributed by atoms with Crippen molar-refractivity contribution in [2.75, 3.05) is 6.54 Å². The van der Waals surface area contributed by atoms with Crippen molar-refractivity contribution in [1.29, 1.82) is 0 Å². The number of rotatable bonds is 3. The number of fused-ring (bicyclic) bond motifs is 2. The molecule has 2 aromatic carbocycles. The van der Waals surface area contributed by atoms with E-state index in [0.717, 1.165) is 36.5 Å². The maximum Gasteiger partial charge on any atom is 0.241 e. The highest BCUT2D eigenvalue weighted by Crippen LogP contribution is 2.57. The predicted molar refractivity (Wildman–Crippen MR) is 107 cm³/mol. The number of aryl methyl sites for hydroxylation is 1. The molecule has 4 nitrogen and oxygen atoms in total. The number of thioether (sulfide) groups is 1. The summed E-state index contributed by atoms with van der Waals surface area (Å²) in [4.78, 5) is 11.9. The van der Waals surface area contributed by atoms with E-state index in [1.54, 1.807) is 0 Å². The van der Waals surface area contributed by atoms with Gasteiger partial charge in [-0.25, -0.2) is 13.8 Å². The Morgan fingerprint density at radius 1 is 1.29 bits per heavy atom. The molecule has 1 heterocycles. The number of hydrogen-bond acceptors (Lipinski definition) is 4. The van der Waals surface area contributed by atoms with E-state index >= 15 is 0 Å². The average molecular weight is 401 g/mol. The number of halogens is 2. The van der Waals surface area contributed by atoms with Crippen molar-refractivity contribution < 1.29 is 13.6 Å². The Bertz CT molecular complexity index is 944. The van der Waals surface area contributed by atoms with Crippen LogP contribution in [0.25, 0.3) is 0 Å². The van der Waals surface area contributed by atoms with E-state index in [0.29, 0.717) is 17.2 Å². The number of hydrogen-bond donors (Lipinski definition) is 1. The number of carbonyl (C=O) groups is 1. The minimum absolute atomic E-state index is 0.0842. The first-order valence-electron chi connectivity index (χ1n) is 9.29. The highest BCUT2D eigenvalue weighted by Gasteiger charge is 2.54. The molecule has 0 unspecified atom stereocenters. The first-order chi connectivity index (χ1) is 13.5. The summed E-state index contributed by atoms with van der Waals surface area (Å²) in [5.74, 6) is -1.47. The Labute approximate surface area is 166 Å². The lowest BCUT2D eigenvalue weighted by atomic mass is 9.77. The third-order valence-corrected chi connectivity index (χ3v) is 6.95. The number of nitrogens with zero attached hydrogens (tertiary/aromatic N) is 2. The van der Waals surface area contributed by atoms with Crippen LogP contribution in [0.5, 0.6) is 0 Å². The van der Waals surface area contributed by atoms with E-state index in [1.165, 1.54) is 35.8 Å². The van der Waals surface area contributed by atoms with E-state index in [4.69, 9.17) is 5.73 Å². The zero-order chi connectivity index (χ0) is 19.9. The molecule has 0 radical (unpaired) electrons. The minimum Gasteiger partial charge on any atom is -0.330 e. The largest absolute Gasteiger partial charge is 0.330 e. The molecule has 1 amide bonds. The Morgan fingerprint density at radius 3 is 2.68 bits per heavy atom. The molecule has 2 aliphatic rings. The van der Waals surface area contributed by atoms with Crippen LogP contribution in [0.4, 0.5) is 8.78 Å². The second-order valence-corrected chi connectivity index (χ2v) is 8.38. The molecule has 1 spiro atoms. The molecule has 2 N–H and O–H groups in total. The third-order valence-electron chi connectivity index (χ3n) is 5.40. The van der Waals surface area contributed by atoms with Gasteiger partial charge in [-0.1, -0.05) is 36.0 Å². The van der Waals surface area contributed by atoms with Crippen LogP contribution in [0.15, 0.2) is 47.6 Å². The van der Waals surface area contributed by atoms with Gasteiger partial charge in [-0.2, -0.15) is 5.10 Å². The molecule has 1 aliphatic carbocycles. The predicted octanol–water partition coefficient (Wildman–Crippen LogP) is 3.99. The molecule has 0 bridgehead atoms. The molecule has 0 saturated heterocycles. The lowest BCUT2D eigenvalue weighted by Crippen LogP contribution is -2.49. The fraction of sp³-hybridized carbons (Fsp3) is 0.333. The van der Waals surface area contributed by atoms with Crippen molar-refractivity contribution in [1.82, 2.24) is 5.01 Å². The van der Waals surface area contributed by atoms with Gasteiger partial charge in [-0.3, -0.25) is 4.79 Å². The molecule has 146 valence electrons. The highest BCUT2D eigenvalue weighted by molar-refractivity contribution is 8.15. The Morgan fingerprint density at radius 2 is 2.00 bits per heavy atom. The Kier molecular flexibility index (Phi) is 4.97. The lowest BCUT2D eigenvalue weighted by Gasteiger charge is -2.45. The van der Waals surface area contributed by atoms with Crippen LogP contribution in [0.3, 0.4) is 0 Å². The van der Waals surface area contributed by atoms with Crippen molar-refractivity contribution in [2.24, 2.45) is 16.8 Å². The molecular formula is C21H21F2N3OS. The van der Waals surface area contributed by atoms with Gasteiger partial charge in [0.1, 0.15) is 21.5 Å². The topological polar surface area (TPSA) is 58.7 Å². The minimum atomic E-state index is -0.752. The van der Waals surface area contributed by atoms with Crippen LogP contribution < -0.4 is 5.73 Å². The molecule has 0 saturated carbocycles. The lowest BCUT2D eigenvalue weighted by molar-refractivity contribution is -0.134. The van der Waals surface area contributed by atoms with Gasteiger partial charge in [0, 0.05) is 18.6 Å². The summed E-state index contributed by atoms with van der Waals surface area (Å²) >= 11 is 1.40. The van der Waals surface area contributed by atoms with E-state index in [9.17, 15) is 13.6 Å². The summed E-state index contributed by atoms with van der Waals surface area (Å²) in [7, 11) is 0. The van der Waals surface area contributed by atoms with Gasteiger partial charge in [0.25, 0.3) is 0 Å². The van der Waals surface area contributed by atoms with Crippen molar-refractivity contribution in [3.05, 3.63) is 70.8 Å². The molecule has 2 aromatic rings. The van der Waals surface area contributed by atoms with Crippen LogP contribution >= 0.6 is 11.8 Å². The molecule has 7 heteroatoms. The summed E-state index contributed by atoms with van der Waals surface area (Å²) in [5, 5.41) is 6.47. The third kappa shape index (κ3) is 3.02. The van der Waals surface area contributed by atoms with Crippen LogP contribution in [-0.2, 0) is 16.1 Å². The molecule has 1 aliphatic heterocycles. The zero-order valence-corrected chi connectivity index (χ0v) is 16.3. The molecule has 4 rings (SSSR count). The average Bonchev–Trinajstić information content (AvgIpc) is 3.05. The van der Waals surface area contributed by atoms with E-state index < -0.39 is 16.5 Å². The summed E-state index contributed by atoms with van der Waals surface area (Å²) in [5.41, 5.74) is 8.41. The van der Waals surface area contributed by atoms with Gasteiger partial charge in [-0.05, 0) is 55.0 Å². The van der Waals surface area contributed by atoms with Gasteiger partial charge in [-0.15, -0.1) is 0 Å². The second kappa shape index (κ2) is 7.29. The van der Waals surface area contributed by atoms with Gasteiger partial charge in [0.15, 0.2) is 0 Å². The summed E-state index contributed by atoms with van der Waals surface area (Å²) < 4.78 is 27.6. The summed E-state index contributed by atoms with van der Waals surface area (Å²) in [6.07, 6.45) is 2.50. The van der Waals surface area contributed by atoms with Crippen LogP contribution in [0, 0.1) is 17.6 Å². The van der Waals surface area contributed by atoms with Crippen molar-refractivity contribution in [2.45, 2.75) is 31.1 Å². The molecule has 2 atom stereocenters. The van der Waals surface area contributed by atoms with Gasteiger partial charge >= 0.3 is 0 Å². The molecular weight excluding hydrogens is 380 g/mol. The number of benzene rings is 2. The normalized spacial score (nSPS) is 23.6. The Hall–Kier alpha value is -2.25. The van der Waals surface area contributed by atoms with E-state index in [-0.39, 0.29) is 11.8 Å². The maximum absolute atomic E-state index is 13.8.